The van der Waals surface area contributed by atoms with Crippen LogP contribution in [-0.2, 0) is 6.54 Å². The van der Waals surface area contributed by atoms with E-state index in [1.165, 1.54) is 22.8 Å². The van der Waals surface area contributed by atoms with Gasteiger partial charge in [-0.25, -0.2) is 9.18 Å². The summed E-state index contributed by atoms with van der Waals surface area (Å²) in [5, 5.41) is 10.7. The van der Waals surface area contributed by atoms with Gasteiger partial charge in [0.1, 0.15) is 21.7 Å². The van der Waals surface area contributed by atoms with Gasteiger partial charge in [-0.2, -0.15) is 0 Å². The molecular weight excluding hydrogens is 393 g/mol. The maximum absolute atomic E-state index is 13.5. The molecule has 7 heteroatoms. The van der Waals surface area contributed by atoms with E-state index in [0.29, 0.717) is 17.1 Å². The van der Waals surface area contributed by atoms with Gasteiger partial charge in [-0.15, -0.1) is 0 Å². The molecule has 4 rings (SSSR count). The fourth-order valence-electron chi connectivity index (χ4n) is 3.10. The number of aromatic hydroxyl groups is 1. The second kappa shape index (κ2) is 7.60. The number of hydrogen-bond acceptors (Lipinski definition) is 5. The second-order valence-corrected chi connectivity index (χ2v) is 7.61. The third kappa shape index (κ3) is 3.69. The minimum absolute atomic E-state index is 0.0166. The Hall–Kier alpha value is -3.32. The summed E-state index contributed by atoms with van der Waals surface area (Å²) < 4.78 is 20.3. The Balaban J connectivity index is 1.88. The quantitative estimate of drug-likeness (QED) is 0.544. The SMILES string of the molecule is Cc1cc2oc(=O)c(Sc3cccc(F)c3)c(O)c2c(=O)n1Cc1ccccc1. The van der Waals surface area contributed by atoms with Gasteiger partial charge in [0, 0.05) is 16.7 Å². The van der Waals surface area contributed by atoms with E-state index in [0.717, 1.165) is 17.3 Å². The molecule has 0 spiro atoms. The molecule has 0 saturated carbocycles. The van der Waals surface area contributed by atoms with Gasteiger partial charge in [-0.3, -0.25) is 4.79 Å². The van der Waals surface area contributed by atoms with Gasteiger partial charge < -0.3 is 14.1 Å². The summed E-state index contributed by atoms with van der Waals surface area (Å²) in [6, 6.07) is 16.6. The van der Waals surface area contributed by atoms with Crippen LogP contribution in [-0.4, -0.2) is 9.67 Å². The first-order valence-corrected chi connectivity index (χ1v) is 9.63. The molecule has 5 nitrogen and oxygen atoms in total. The Morgan fingerprint density at radius 1 is 1.07 bits per heavy atom. The molecule has 1 N–H and O–H groups in total. The molecule has 0 aliphatic carbocycles. The van der Waals surface area contributed by atoms with Gasteiger partial charge in [0.25, 0.3) is 5.56 Å². The molecule has 29 heavy (non-hydrogen) atoms. The lowest BCUT2D eigenvalue weighted by atomic mass is 10.2. The summed E-state index contributed by atoms with van der Waals surface area (Å²) in [6.45, 7) is 2.04. The summed E-state index contributed by atoms with van der Waals surface area (Å²) in [4.78, 5) is 25.8. The standard InChI is InChI=1S/C22H16FNO4S/c1-13-10-17-18(21(26)24(13)12-14-6-3-2-4-7-14)19(25)20(22(27)28-17)29-16-9-5-8-15(23)11-16/h2-11,25H,12H2,1H3. The van der Waals surface area contributed by atoms with Crippen LogP contribution in [0.25, 0.3) is 11.0 Å². The average molecular weight is 409 g/mol. The number of nitrogens with zero attached hydrogens (tertiary/aromatic N) is 1. The number of hydrogen-bond donors (Lipinski definition) is 1. The predicted molar refractivity (Wildman–Crippen MR) is 109 cm³/mol. The van der Waals surface area contributed by atoms with Crippen molar-refractivity contribution in [2.24, 2.45) is 0 Å². The number of halogens is 1. The van der Waals surface area contributed by atoms with Crippen molar-refractivity contribution in [2.75, 3.05) is 0 Å². The monoisotopic (exact) mass is 409 g/mol. The number of fused-ring (bicyclic) bond motifs is 1. The van der Waals surface area contributed by atoms with Crippen LogP contribution in [0.3, 0.4) is 0 Å². The van der Waals surface area contributed by atoms with Crippen molar-refractivity contribution in [1.82, 2.24) is 4.57 Å². The molecule has 2 aromatic heterocycles. The van der Waals surface area contributed by atoms with E-state index >= 15 is 0 Å². The maximum atomic E-state index is 13.5. The molecule has 0 radical (unpaired) electrons. The smallest absolute Gasteiger partial charge is 0.354 e. The molecule has 0 saturated heterocycles. The van der Waals surface area contributed by atoms with Crippen molar-refractivity contribution in [3.05, 3.63) is 98.5 Å². The Morgan fingerprint density at radius 3 is 2.55 bits per heavy atom. The first kappa shape index (κ1) is 19.0. The van der Waals surface area contributed by atoms with E-state index in [2.05, 4.69) is 0 Å². The molecular formula is C22H16FNO4S. The van der Waals surface area contributed by atoms with Crippen LogP contribution in [0.5, 0.6) is 5.75 Å². The van der Waals surface area contributed by atoms with Crippen molar-refractivity contribution >= 4 is 22.7 Å². The van der Waals surface area contributed by atoms with Crippen molar-refractivity contribution in [1.29, 1.82) is 0 Å². The number of pyridine rings is 1. The molecule has 0 atom stereocenters. The van der Waals surface area contributed by atoms with E-state index in [9.17, 15) is 19.1 Å². The largest absolute Gasteiger partial charge is 0.505 e. The van der Waals surface area contributed by atoms with Crippen LogP contribution in [0.4, 0.5) is 4.39 Å². The zero-order valence-corrected chi connectivity index (χ0v) is 16.2. The Bertz CT molecular complexity index is 1330. The molecule has 0 bridgehead atoms. The molecule has 4 aromatic rings. The topological polar surface area (TPSA) is 72.4 Å². The number of aromatic nitrogens is 1. The molecule has 0 amide bonds. The van der Waals surface area contributed by atoms with Gasteiger partial charge in [0.15, 0.2) is 5.75 Å². The first-order valence-electron chi connectivity index (χ1n) is 8.81. The van der Waals surface area contributed by atoms with Gasteiger partial charge in [0.2, 0.25) is 0 Å². The first-order chi connectivity index (χ1) is 13.9. The number of aryl methyl sites for hydroxylation is 1. The van der Waals surface area contributed by atoms with E-state index in [-0.39, 0.29) is 15.9 Å². The summed E-state index contributed by atoms with van der Waals surface area (Å²) in [5.74, 6) is -0.933. The summed E-state index contributed by atoms with van der Waals surface area (Å²) in [7, 11) is 0. The lowest BCUT2D eigenvalue weighted by Crippen LogP contribution is -2.24. The Kier molecular flexibility index (Phi) is 4.98. The van der Waals surface area contributed by atoms with Crippen LogP contribution >= 0.6 is 11.8 Å². The summed E-state index contributed by atoms with van der Waals surface area (Å²) >= 11 is 0.848. The maximum Gasteiger partial charge on any atom is 0.354 e. The normalized spacial score (nSPS) is 11.1. The van der Waals surface area contributed by atoms with Gasteiger partial charge in [0.05, 0.1) is 6.54 Å². The minimum Gasteiger partial charge on any atom is -0.505 e. The molecule has 0 aliphatic heterocycles. The van der Waals surface area contributed by atoms with E-state index in [1.807, 2.05) is 30.3 Å². The highest BCUT2D eigenvalue weighted by Gasteiger charge is 2.20. The third-order valence-corrected chi connectivity index (χ3v) is 5.56. The highest BCUT2D eigenvalue weighted by Crippen LogP contribution is 2.35. The summed E-state index contributed by atoms with van der Waals surface area (Å²) in [5.41, 5.74) is 0.278. The molecule has 0 fully saturated rings. The van der Waals surface area contributed by atoms with Crippen LogP contribution in [0.15, 0.2) is 84.5 Å². The molecule has 2 heterocycles. The van der Waals surface area contributed by atoms with E-state index in [4.69, 9.17) is 4.42 Å². The van der Waals surface area contributed by atoms with Crippen LogP contribution in [0.2, 0.25) is 0 Å². The van der Waals surface area contributed by atoms with Crippen LogP contribution < -0.4 is 11.2 Å². The Morgan fingerprint density at radius 2 is 1.83 bits per heavy atom. The highest BCUT2D eigenvalue weighted by atomic mass is 32.2. The third-order valence-electron chi connectivity index (χ3n) is 4.51. The minimum atomic E-state index is -0.788. The second-order valence-electron chi connectivity index (χ2n) is 6.53. The average Bonchev–Trinajstić information content (AvgIpc) is 2.69. The van der Waals surface area contributed by atoms with Gasteiger partial charge in [-0.1, -0.05) is 48.2 Å². The predicted octanol–water partition coefficient (Wildman–Crippen LogP) is 4.31. The van der Waals surface area contributed by atoms with E-state index < -0.39 is 22.8 Å². The lowest BCUT2D eigenvalue weighted by molar-refractivity contribution is 0.445. The van der Waals surface area contributed by atoms with Crippen LogP contribution in [0.1, 0.15) is 11.3 Å². The van der Waals surface area contributed by atoms with Gasteiger partial charge >= 0.3 is 5.63 Å². The van der Waals surface area contributed by atoms with Crippen LogP contribution in [0, 0.1) is 12.7 Å². The zero-order chi connectivity index (χ0) is 20.5. The molecule has 2 aromatic carbocycles. The van der Waals surface area contributed by atoms with Crippen molar-refractivity contribution in [3.63, 3.8) is 0 Å². The Labute approximate surface area is 169 Å². The van der Waals surface area contributed by atoms with Gasteiger partial charge in [-0.05, 0) is 30.7 Å². The highest BCUT2D eigenvalue weighted by molar-refractivity contribution is 7.99. The molecule has 0 unspecified atom stereocenters. The van der Waals surface area contributed by atoms with E-state index in [1.54, 1.807) is 19.1 Å². The lowest BCUT2D eigenvalue weighted by Gasteiger charge is -2.13. The van der Waals surface area contributed by atoms with Crippen molar-refractivity contribution < 1.29 is 13.9 Å². The number of benzene rings is 2. The summed E-state index contributed by atoms with van der Waals surface area (Å²) in [6.07, 6.45) is 0. The fraction of sp³-hybridized carbons (Fsp3) is 0.0909. The molecule has 146 valence electrons. The number of rotatable bonds is 4. The fourth-order valence-corrected chi connectivity index (χ4v) is 3.97. The van der Waals surface area contributed by atoms with Crippen molar-refractivity contribution in [2.45, 2.75) is 23.3 Å². The molecule has 0 aliphatic rings. The zero-order valence-electron chi connectivity index (χ0n) is 15.4. The van der Waals surface area contributed by atoms with Crippen molar-refractivity contribution in [3.8, 4) is 5.75 Å².